The molecule has 1 rings (SSSR count). The predicted molar refractivity (Wildman–Crippen MR) is 54.8 cm³/mol. The van der Waals surface area contributed by atoms with Crippen LogP contribution in [0.15, 0.2) is 30.4 Å². The topological polar surface area (TPSA) is 9.23 Å². The molecular weight excluding hydrogens is 179 g/mol. The van der Waals surface area contributed by atoms with Crippen molar-refractivity contribution in [3.63, 3.8) is 0 Å². The van der Waals surface area contributed by atoms with E-state index in [1.165, 1.54) is 6.07 Å². The number of rotatable bonds is 5. The van der Waals surface area contributed by atoms with Gasteiger partial charge in [-0.3, -0.25) is 0 Å². The number of benzene rings is 1. The van der Waals surface area contributed by atoms with Gasteiger partial charge >= 0.3 is 0 Å². The van der Waals surface area contributed by atoms with Crippen LogP contribution in [0, 0.1) is 11.9 Å². The molecule has 0 N–H and O–H groups in total. The molecule has 14 heavy (non-hydrogen) atoms. The van der Waals surface area contributed by atoms with E-state index in [4.69, 9.17) is 4.74 Å². The van der Waals surface area contributed by atoms with E-state index in [9.17, 15) is 4.39 Å². The summed E-state index contributed by atoms with van der Waals surface area (Å²) in [4.78, 5) is 0. The molecule has 1 aromatic carbocycles. The Labute approximate surface area is 84.2 Å². The van der Waals surface area contributed by atoms with Crippen LogP contribution >= 0.6 is 0 Å². The molecule has 0 atom stereocenters. The lowest BCUT2D eigenvalue weighted by Gasteiger charge is -2.04. The van der Waals surface area contributed by atoms with Crippen LogP contribution in [0.2, 0.25) is 0 Å². The maximum absolute atomic E-state index is 13.0. The summed E-state index contributed by atoms with van der Waals surface area (Å²) < 4.78 is 18.2. The Morgan fingerprint density at radius 2 is 2.36 bits per heavy atom. The van der Waals surface area contributed by atoms with E-state index in [0.717, 1.165) is 12.8 Å². The van der Waals surface area contributed by atoms with Gasteiger partial charge in [-0.05, 0) is 18.9 Å². The summed E-state index contributed by atoms with van der Waals surface area (Å²) in [6.07, 6.45) is 5.93. The fourth-order valence-electron chi connectivity index (χ4n) is 1.03. The van der Waals surface area contributed by atoms with Crippen molar-refractivity contribution in [2.75, 3.05) is 6.61 Å². The first kappa shape index (κ1) is 10.8. The maximum Gasteiger partial charge on any atom is 0.172 e. The van der Waals surface area contributed by atoms with E-state index >= 15 is 0 Å². The van der Waals surface area contributed by atoms with Crippen molar-refractivity contribution < 1.29 is 9.13 Å². The van der Waals surface area contributed by atoms with Crippen LogP contribution in [-0.2, 0) is 0 Å². The van der Waals surface area contributed by atoms with E-state index < -0.39 is 5.82 Å². The lowest BCUT2D eigenvalue weighted by molar-refractivity contribution is 0.307. The quantitative estimate of drug-likeness (QED) is 0.514. The molecule has 0 unspecified atom stereocenters. The van der Waals surface area contributed by atoms with Gasteiger partial charge in [-0.25, -0.2) is 4.39 Å². The van der Waals surface area contributed by atoms with Gasteiger partial charge in [-0.1, -0.05) is 31.2 Å². The SMILES string of the molecule is CC/C=C/CCOc1ccc[c]c1F. The van der Waals surface area contributed by atoms with Crippen LogP contribution in [-0.4, -0.2) is 6.61 Å². The summed E-state index contributed by atoms with van der Waals surface area (Å²) in [6.45, 7) is 2.58. The Kier molecular flexibility index (Phi) is 4.76. The Morgan fingerprint density at radius 3 is 3.07 bits per heavy atom. The van der Waals surface area contributed by atoms with Gasteiger partial charge in [0, 0.05) is 6.07 Å². The minimum Gasteiger partial charge on any atom is -0.490 e. The van der Waals surface area contributed by atoms with E-state index in [-0.39, 0.29) is 5.75 Å². The second-order valence-corrected chi connectivity index (χ2v) is 2.87. The highest BCUT2D eigenvalue weighted by Crippen LogP contribution is 2.14. The molecule has 0 aliphatic rings. The highest BCUT2D eigenvalue weighted by Gasteiger charge is 1.99. The molecule has 0 heterocycles. The molecule has 1 nitrogen and oxygen atoms in total. The molecule has 0 bridgehead atoms. The third kappa shape index (κ3) is 3.60. The molecule has 1 aromatic rings. The van der Waals surface area contributed by atoms with Crippen LogP contribution in [0.5, 0.6) is 5.75 Å². The van der Waals surface area contributed by atoms with Crippen LogP contribution in [0.25, 0.3) is 0 Å². The first-order chi connectivity index (χ1) is 6.84. The van der Waals surface area contributed by atoms with Crippen molar-refractivity contribution in [2.24, 2.45) is 0 Å². The first-order valence-electron chi connectivity index (χ1n) is 4.78. The second kappa shape index (κ2) is 6.19. The number of hydrogen-bond acceptors (Lipinski definition) is 1. The van der Waals surface area contributed by atoms with Crippen molar-refractivity contribution in [1.82, 2.24) is 0 Å². The van der Waals surface area contributed by atoms with Crippen molar-refractivity contribution in [2.45, 2.75) is 19.8 Å². The van der Waals surface area contributed by atoms with Gasteiger partial charge in [0.2, 0.25) is 0 Å². The molecule has 0 saturated carbocycles. The minimum atomic E-state index is -0.424. The van der Waals surface area contributed by atoms with Gasteiger partial charge < -0.3 is 4.74 Å². The standard InChI is InChI=1S/C12H14FO/c1-2-3-4-7-10-14-12-9-6-5-8-11(12)13/h3-6,9H,2,7,10H2,1H3/b4-3+. The Balaban J connectivity index is 2.31. The van der Waals surface area contributed by atoms with Crippen LogP contribution in [0.1, 0.15) is 19.8 Å². The summed E-state index contributed by atoms with van der Waals surface area (Å²) in [5, 5.41) is 0. The molecule has 75 valence electrons. The molecule has 0 spiro atoms. The average Bonchev–Trinajstić information content (AvgIpc) is 2.20. The zero-order valence-corrected chi connectivity index (χ0v) is 8.29. The van der Waals surface area contributed by atoms with Gasteiger partial charge in [0.15, 0.2) is 11.6 Å². The Bertz CT molecular complexity index is 294. The third-order valence-electron chi connectivity index (χ3n) is 1.71. The smallest absolute Gasteiger partial charge is 0.172 e. The molecule has 0 saturated heterocycles. The molecule has 1 radical (unpaired) electrons. The van der Waals surface area contributed by atoms with Crippen molar-refractivity contribution in [1.29, 1.82) is 0 Å². The molecular formula is C12H14FO. The largest absolute Gasteiger partial charge is 0.490 e. The maximum atomic E-state index is 13.0. The Hall–Kier alpha value is -1.31. The average molecular weight is 193 g/mol. The molecule has 0 aliphatic heterocycles. The number of halogens is 1. The number of allylic oxidation sites excluding steroid dienone is 1. The summed E-state index contributed by atoms with van der Waals surface area (Å²) >= 11 is 0. The van der Waals surface area contributed by atoms with Gasteiger partial charge in [0.25, 0.3) is 0 Å². The van der Waals surface area contributed by atoms with Crippen LogP contribution < -0.4 is 4.74 Å². The van der Waals surface area contributed by atoms with E-state index in [1.807, 2.05) is 6.08 Å². The van der Waals surface area contributed by atoms with Crippen molar-refractivity contribution in [3.8, 4) is 5.75 Å². The predicted octanol–water partition coefficient (Wildman–Crippen LogP) is 3.36. The van der Waals surface area contributed by atoms with Gasteiger partial charge in [0.1, 0.15) is 0 Å². The van der Waals surface area contributed by atoms with E-state index in [1.54, 1.807) is 12.1 Å². The van der Waals surface area contributed by atoms with Gasteiger partial charge in [0.05, 0.1) is 6.61 Å². The van der Waals surface area contributed by atoms with Crippen LogP contribution in [0.4, 0.5) is 4.39 Å². The lowest BCUT2D eigenvalue weighted by atomic mass is 10.3. The normalized spacial score (nSPS) is 10.7. The summed E-state index contributed by atoms with van der Waals surface area (Å²) in [5.74, 6) is -0.149. The molecule has 2 heteroatoms. The highest BCUT2D eigenvalue weighted by molar-refractivity contribution is 5.22. The van der Waals surface area contributed by atoms with Crippen LogP contribution in [0.3, 0.4) is 0 Å². The molecule has 0 aromatic heterocycles. The summed E-state index contributed by atoms with van der Waals surface area (Å²) in [7, 11) is 0. The highest BCUT2D eigenvalue weighted by atomic mass is 19.1. The molecule has 0 fully saturated rings. The number of ether oxygens (including phenoxy) is 1. The third-order valence-corrected chi connectivity index (χ3v) is 1.71. The first-order valence-corrected chi connectivity index (χ1v) is 4.78. The fourth-order valence-corrected chi connectivity index (χ4v) is 1.03. The monoisotopic (exact) mass is 193 g/mol. The van der Waals surface area contributed by atoms with Crippen molar-refractivity contribution in [3.05, 3.63) is 42.2 Å². The fraction of sp³-hybridized carbons (Fsp3) is 0.333. The number of hydrogen-bond donors (Lipinski definition) is 0. The lowest BCUT2D eigenvalue weighted by Crippen LogP contribution is -1.97. The minimum absolute atomic E-state index is 0.275. The van der Waals surface area contributed by atoms with Crippen molar-refractivity contribution >= 4 is 0 Å². The summed E-state index contributed by atoms with van der Waals surface area (Å²) in [6, 6.07) is 7.28. The molecule has 0 aliphatic carbocycles. The zero-order chi connectivity index (χ0) is 10.2. The second-order valence-electron chi connectivity index (χ2n) is 2.87. The Morgan fingerprint density at radius 1 is 1.50 bits per heavy atom. The molecule has 0 amide bonds. The van der Waals surface area contributed by atoms with E-state index in [0.29, 0.717) is 6.61 Å². The van der Waals surface area contributed by atoms with E-state index in [2.05, 4.69) is 19.1 Å². The summed E-state index contributed by atoms with van der Waals surface area (Å²) in [5.41, 5.74) is 0. The zero-order valence-electron chi connectivity index (χ0n) is 8.29. The van der Waals surface area contributed by atoms with Gasteiger partial charge in [-0.2, -0.15) is 0 Å². The van der Waals surface area contributed by atoms with Gasteiger partial charge in [-0.15, -0.1) is 0 Å².